The molecule has 0 saturated heterocycles. The van der Waals surface area contributed by atoms with Crippen molar-refractivity contribution in [1.29, 1.82) is 0 Å². The highest BCUT2D eigenvalue weighted by Crippen LogP contribution is 2.42. The number of aromatic nitrogens is 2. The molecule has 4 rings (SSSR count). The number of hydrogen-bond acceptors (Lipinski definition) is 4. The van der Waals surface area contributed by atoms with Gasteiger partial charge in [-0.3, -0.25) is 0 Å². The first-order valence-electron chi connectivity index (χ1n) is 8.40. The van der Waals surface area contributed by atoms with E-state index in [1.165, 1.54) is 16.8 Å². The van der Waals surface area contributed by atoms with Crippen molar-refractivity contribution in [3.63, 3.8) is 0 Å². The van der Waals surface area contributed by atoms with Gasteiger partial charge in [0.15, 0.2) is 0 Å². The summed E-state index contributed by atoms with van der Waals surface area (Å²) >= 11 is 0. The third-order valence-electron chi connectivity index (χ3n) is 4.60. The number of benzene rings is 2. The molecular weight excluding hydrogens is 393 g/mol. The molecule has 0 fully saturated rings. The standard InChI is InChI=1S/C19H15F3N2O3S/c1-12-17-16(13-6-5-7-14(10-13)19(20,21)22)11-28(25,26)27-18(17)24(23-12)15-8-3-2-4-9-15/h2-10,16H,11H2,1H3. The molecule has 3 aromatic rings. The Labute approximate surface area is 159 Å². The molecule has 0 saturated carbocycles. The van der Waals surface area contributed by atoms with Crippen molar-refractivity contribution in [2.45, 2.75) is 19.0 Å². The molecule has 1 unspecified atom stereocenters. The minimum atomic E-state index is -4.52. The Balaban J connectivity index is 1.90. The third kappa shape index (κ3) is 3.26. The van der Waals surface area contributed by atoms with Crippen LogP contribution in [0, 0.1) is 6.92 Å². The summed E-state index contributed by atoms with van der Waals surface area (Å²) in [7, 11) is -4.00. The van der Waals surface area contributed by atoms with E-state index in [0.29, 0.717) is 16.9 Å². The summed E-state index contributed by atoms with van der Waals surface area (Å²) in [5, 5.41) is 4.38. The number of alkyl halides is 3. The lowest BCUT2D eigenvalue weighted by molar-refractivity contribution is -0.137. The van der Waals surface area contributed by atoms with Crippen LogP contribution < -0.4 is 4.18 Å². The van der Waals surface area contributed by atoms with Gasteiger partial charge in [0.05, 0.1) is 22.7 Å². The fraction of sp³-hybridized carbons (Fsp3) is 0.211. The summed E-state index contributed by atoms with van der Waals surface area (Å²) in [6, 6.07) is 13.5. The maximum absolute atomic E-state index is 13.1. The second kappa shape index (κ2) is 6.37. The van der Waals surface area contributed by atoms with Crippen molar-refractivity contribution in [3.05, 3.63) is 77.0 Å². The number of nitrogens with zero attached hydrogens (tertiary/aromatic N) is 2. The van der Waals surface area contributed by atoms with Crippen molar-refractivity contribution in [2.75, 3.05) is 5.75 Å². The van der Waals surface area contributed by atoms with E-state index in [1.54, 1.807) is 37.3 Å². The molecular formula is C19H15F3N2O3S. The van der Waals surface area contributed by atoms with Crippen LogP contribution in [0.4, 0.5) is 13.2 Å². The van der Waals surface area contributed by atoms with Gasteiger partial charge in [0.2, 0.25) is 5.88 Å². The molecule has 146 valence electrons. The zero-order chi connectivity index (χ0) is 20.1. The van der Waals surface area contributed by atoms with Crippen LogP contribution in [0.15, 0.2) is 54.6 Å². The molecule has 28 heavy (non-hydrogen) atoms. The number of rotatable bonds is 2. The summed E-state index contributed by atoms with van der Waals surface area (Å²) in [6.45, 7) is 1.68. The first-order valence-corrected chi connectivity index (χ1v) is 9.98. The van der Waals surface area contributed by atoms with Gasteiger partial charge in [-0.05, 0) is 30.7 Å². The molecule has 1 aromatic heterocycles. The zero-order valence-corrected chi connectivity index (χ0v) is 15.5. The predicted octanol–water partition coefficient (Wildman–Crippen LogP) is 4.05. The van der Waals surface area contributed by atoms with E-state index in [9.17, 15) is 21.6 Å². The number of fused-ring (bicyclic) bond motifs is 1. The van der Waals surface area contributed by atoms with Crippen LogP contribution in [0.1, 0.15) is 28.3 Å². The van der Waals surface area contributed by atoms with Gasteiger partial charge in [0, 0.05) is 11.5 Å². The second-order valence-corrected chi connectivity index (χ2v) is 8.15. The van der Waals surface area contributed by atoms with Crippen LogP contribution in [-0.4, -0.2) is 24.0 Å². The van der Waals surface area contributed by atoms with E-state index in [0.717, 1.165) is 12.1 Å². The fourth-order valence-electron chi connectivity index (χ4n) is 3.38. The Hall–Kier alpha value is -2.81. The van der Waals surface area contributed by atoms with Gasteiger partial charge in [0.1, 0.15) is 0 Å². The molecule has 1 atom stereocenters. The smallest absolute Gasteiger partial charge is 0.361 e. The molecule has 0 amide bonds. The fourth-order valence-corrected chi connectivity index (χ4v) is 4.62. The molecule has 2 heterocycles. The lowest BCUT2D eigenvalue weighted by atomic mass is 9.91. The van der Waals surface area contributed by atoms with E-state index in [1.807, 2.05) is 0 Å². The van der Waals surface area contributed by atoms with Crippen molar-refractivity contribution in [2.24, 2.45) is 0 Å². The lowest BCUT2D eigenvalue weighted by Gasteiger charge is -2.24. The van der Waals surface area contributed by atoms with E-state index >= 15 is 0 Å². The van der Waals surface area contributed by atoms with Gasteiger partial charge in [0.25, 0.3) is 0 Å². The van der Waals surface area contributed by atoms with Gasteiger partial charge in [-0.2, -0.15) is 31.4 Å². The number of aryl methyl sites for hydroxylation is 1. The Bertz CT molecular complexity index is 1140. The van der Waals surface area contributed by atoms with Crippen LogP contribution in [0.3, 0.4) is 0 Å². The molecule has 0 aliphatic carbocycles. The Morgan fingerprint density at radius 3 is 2.50 bits per heavy atom. The average Bonchev–Trinajstić information content (AvgIpc) is 2.96. The van der Waals surface area contributed by atoms with Crippen molar-refractivity contribution in [1.82, 2.24) is 9.78 Å². The first kappa shape index (κ1) is 18.5. The number of para-hydroxylation sites is 1. The lowest BCUT2D eigenvalue weighted by Crippen LogP contribution is -2.27. The number of halogens is 3. The molecule has 0 N–H and O–H groups in total. The topological polar surface area (TPSA) is 61.2 Å². The molecule has 0 spiro atoms. The van der Waals surface area contributed by atoms with Gasteiger partial charge in [-0.15, -0.1) is 0 Å². The molecule has 1 aliphatic heterocycles. The Morgan fingerprint density at radius 1 is 1.11 bits per heavy atom. The minimum Gasteiger partial charge on any atom is -0.361 e. The van der Waals surface area contributed by atoms with Gasteiger partial charge >= 0.3 is 16.3 Å². The molecule has 5 nitrogen and oxygen atoms in total. The maximum atomic E-state index is 13.1. The van der Waals surface area contributed by atoms with Crippen LogP contribution in [-0.2, 0) is 16.3 Å². The highest BCUT2D eigenvalue weighted by molar-refractivity contribution is 7.87. The monoisotopic (exact) mass is 408 g/mol. The highest BCUT2D eigenvalue weighted by atomic mass is 32.2. The maximum Gasteiger partial charge on any atom is 0.416 e. The molecule has 2 aromatic carbocycles. The predicted molar refractivity (Wildman–Crippen MR) is 96.0 cm³/mol. The largest absolute Gasteiger partial charge is 0.416 e. The summed E-state index contributed by atoms with van der Waals surface area (Å²) in [4.78, 5) is 0. The van der Waals surface area contributed by atoms with Crippen molar-refractivity contribution >= 4 is 10.1 Å². The summed E-state index contributed by atoms with van der Waals surface area (Å²) in [6.07, 6.45) is -4.52. The van der Waals surface area contributed by atoms with Crippen molar-refractivity contribution in [3.8, 4) is 11.6 Å². The highest BCUT2D eigenvalue weighted by Gasteiger charge is 2.39. The van der Waals surface area contributed by atoms with Gasteiger partial charge in [-0.1, -0.05) is 36.4 Å². The second-order valence-electron chi connectivity index (χ2n) is 6.54. The van der Waals surface area contributed by atoms with E-state index < -0.39 is 33.5 Å². The van der Waals surface area contributed by atoms with Gasteiger partial charge < -0.3 is 4.18 Å². The summed E-state index contributed by atoms with van der Waals surface area (Å²) in [5.74, 6) is -1.26. The number of hydrogen-bond donors (Lipinski definition) is 0. The normalized spacial score (nSPS) is 18.4. The van der Waals surface area contributed by atoms with Crippen LogP contribution in [0.25, 0.3) is 5.69 Å². The summed E-state index contributed by atoms with van der Waals surface area (Å²) < 4.78 is 70.7. The minimum absolute atomic E-state index is 0.0114. The average molecular weight is 408 g/mol. The van der Waals surface area contributed by atoms with Gasteiger partial charge in [-0.25, -0.2) is 0 Å². The zero-order valence-electron chi connectivity index (χ0n) is 14.6. The molecule has 0 bridgehead atoms. The third-order valence-corrected chi connectivity index (χ3v) is 5.76. The molecule has 9 heteroatoms. The van der Waals surface area contributed by atoms with Crippen LogP contribution in [0.5, 0.6) is 5.88 Å². The molecule has 1 aliphatic rings. The van der Waals surface area contributed by atoms with Crippen molar-refractivity contribution < 1.29 is 25.8 Å². The SMILES string of the molecule is Cc1nn(-c2ccccc2)c2c1C(c1cccc(C(F)(F)F)c1)CS(=O)(=O)O2. The molecule has 0 radical (unpaired) electrons. The summed E-state index contributed by atoms with van der Waals surface area (Å²) in [5.41, 5.74) is 0.975. The Morgan fingerprint density at radius 2 is 1.82 bits per heavy atom. The van der Waals surface area contributed by atoms with Crippen LogP contribution >= 0.6 is 0 Å². The quantitative estimate of drug-likeness (QED) is 0.600. The van der Waals surface area contributed by atoms with Crippen LogP contribution in [0.2, 0.25) is 0 Å². The Kier molecular flexibility index (Phi) is 4.22. The first-order chi connectivity index (χ1) is 13.2. The van der Waals surface area contributed by atoms with E-state index in [4.69, 9.17) is 4.18 Å². The van der Waals surface area contributed by atoms with E-state index in [-0.39, 0.29) is 11.4 Å². The van der Waals surface area contributed by atoms with E-state index in [2.05, 4.69) is 5.10 Å².